The summed E-state index contributed by atoms with van der Waals surface area (Å²) in [5.41, 5.74) is 1.91. The van der Waals surface area contributed by atoms with Crippen LogP contribution in [0.25, 0.3) is 11.3 Å². The summed E-state index contributed by atoms with van der Waals surface area (Å²) >= 11 is 9.63. The van der Waals surface area contributed by atoms with E-state index in [4.69, 9.17) is 11.6 Å². The molecule has 0 aliphatic heterocycles. The molecule has 0 spiro atoms. The van der Waals surface area contributed by atoms with Crippen LogP contribution in [0.1, 0.15) is 26.1 Å². The number of aromatic nitrogens is 2. The first kappa shape index (κ1) is 14.6. The molecule has 1 aromatic carbocycles. The highest BCUT2D eigenvalue weighted by molar-refractivity contribution is 9.10. The highest BCUT2D eigenvalue weighted by Gasteiger charge is 2.08. The fraction of sp³-hybridized carbons (Fsp3) is 0.357. The van der Waals surface area contributed by atoms with Crippen molar-refractivity contribution in [2.75, 3.05) is 0 Å². The van der Waals surface area contributed by atoms with Gasteiger partial charge in [0.25, 0.3) is 0 Å². The van der Waals surface area contributed by atoms with E-state index in [0.29, 0.717) is 11.1 Å². The highest BCUT2D eigenvalue weighted by atomic mass is 79.9. The molecule has 0 saturated heterocycles. The number of hydrogen-bond donors (Lipinski definition) is 2. The van der Waals surface area contributed by atoms with Crippen LogP contribution >= 0.6 is 27.5 Å². The Morgan fingerprint density at radius 3 is 2.95 bits per heavy atom. The third-order valence-corrected chi connectivity index (χ3v) is 3.89. The normalized spacial score (nSPS) is 12.6. The average Bonchev–Trinajstić information content (AvgIpc) is 2.84. The van der Waals surface area contributed by atoms with Crippen LogP contribution < -0.4 is 5.32 Å². The van der Waals surface area contributed by atoms with Gasteiger partial charge in [0.15, 0.2) is 0 Å². The standard InChI is InChI=1S/C14H17BrClN3/c1-3-9(2)17-8-14-18-7-13(19-14)11-5-4-10(15)6-12(11)16/h4-7,9,17H,3,8H2,1-2H3,(H,18,19). The Labute approximate surface area is 126 Å². The van der Waals surface area contributed by atoms with E-state index < -0.39 is 0 Å². The second-order valence-corrected chi connectivity index (χ2v) is 5.88. The molecule has 2 aromatic rings. The minimum Gasteiger partial charge on any atom is -0.341 e. The van der Waals surface area contributed by atoms with Crippen LogP contribution in [0.3, 0.4) is 0 Å². The summed E-state index contributed by atoms with van der Waals surface area (Å²) in [5.74, 6) is 0.925. The number of rotatable bonds is 5. The summed E-state index contributed by atoms with van der Waals surface area (Å²) in [6.45, 7) is 5.06. The third-order valence-electron chi connectivity index (χ3n) is 3.08. The molecule has 0 fully saturated rings. The van der Waals surface area contributed by atoms with Crippen molar-refractivity contribution in [3.05, 3.63) is 39.7 Å². The van der Waals surface area contributed by atoms with Crippen molar-refractivity contribution in [1.29, 1.82) is 0 Å². The molecule has 102 valence electrons. The molecule has 3 nitrogen and oxygen atoms in total. The summed E-state index contributed by atoms with van der Waals surface area (Å²) in [5, 5.41) is 4.11. The van der Waals surface area contributed by atoms with E-state index in [1.54, 1.807) is 0 Å². The zero-order valence-electron chi connectivity index (χ0n) is 11.0. The smallest absolute Gasteiger partial charge is 0.120 e. The van der Waals surface area contributed by atoms with Gasteiger partial charge in [0, 0.05) is 16.1 Å². The van der Waals surface area contributed by atoms with Gasteiger partial charge >= 0.3 is 0 Å². The first-order valence-electron chi connectivity index (χ1n) is 6.32. The molecule has 0 aliphatic rings. The monoisotopic (exact) mass is 341 g/mol. The molecule has 0 amide bonds. The molecular weight excluding hydrogens is 326 g/mol. The zero-order chi connectivity index (χ0) is 13.8. The van der Waals surface area contributed by atoms with Crippen molar-refractivity contribution < 1.29 is 0 Å². The average molecular weight is 343 g/mol. The minimum atomic E-state index is 0.491. The van der Waals surface area contributed by atoms with Gasteiger partial charge < -0.3 is 10.3 Å². The zero-order valence-corrected chi connectivity index (χ0v) is 13.3. The lowest BCUT2D eigenvalue weighted by Crippen LogP contribution is -2.24. The van der Waals surface area contributed by atoms with Crippen LogP contribution in [0.2, 0.25) is 5.02 Å². The number of imidazole rings is 1. The molecular formula is C14H17BrClN3. The third kappa shape index (κ3) is 3.81. The fourth-order valence-corrected chi connectivity index (χ4v) is 2.49. The maximum Gasteiger partial charge on any atom is 0.120 e. The van der Waals surface area contributed by atoms with Crippen molar-refractivity contribution in [3.8, 4) is 11.3 Å². The quantitative estimate of drug-likeness (QED) is 0.846. The first-order chi connectivity index (χ1) is 9.10. The van der Waals surface area contributed by atoms with E-state index in [-0.39, 0.29) is 0 Å². The lowest BCUT2D eigenvalue weighted by Gasteiger charge is -2.09. The molecule has 1 heterocycles. The van der Waals surface area contributed by atoms with E-state index in [2.05, 4.69) is 45.1 Å². The summed E-state index contributed by atoms with van der Waals surface area (Å²) in [4.78, 5) is 7.67. The van der Waals surface area contributed by atoms with E-state index in [1.807, 2.05) is 24.4 Å². The number of nitrogens with zero attached hydrogens (tertiary/aromatic N) is 1. The van der Waals surface area contributed by atoms with Gasteiger partial charge in [-0.15, -0.1) is 0 Å². The minimum absolute atomic E-state index is 0.491. The largest absolute Gasteiger partial charge is 0.341 e. The van der Waals surface area contributed by atoms with Crippen LogP contribution in [-0.4, -0.2) is 16.0 Å². The van der Waals surface area contributed by atoms with Crippen molar-refractivity contribution in [1.82, 2.24) is 15.3 Å². The number of halogens is 2. The maximum absolute atomic E-state index is 6.23. The predicted octanol–water partition coefficient (Wildman–Crippen LogP) is 4.38. The van der Waals surface area contributed by atoms with Crippen molar-refractivity contribution in [2.24, 2.45) is 0 Å². The van der Waals surface area contributed by atoms with Gasteiger partial charge in [0.1, 0.15) is 5.82 Å². The Bertz CT molecular complexity index is 553. The molecule has 2 rings (SSSR count). The van der Waals surface area contributed by atoms with Crippen LogP contribution in [-0.2, 0) is 6.54 Å². The Hall–Kier alpha value is -0.840. The molecule has 19 heavy (non-hydrogen) atoms. The van der Waals surface area contributed by atoms with Crippen LogP contribution in [0, 0.1) is 0 Å². The Kier molecular flexibility index (Phi) is 5.02. The molecule has 1 atom stereocenters. The molecule has 2 N–H and O–H groups in total. The van der Waals surface area contributed by atoms with Crippen molar-refractivity contribution in [2.45, 2.75) is 32.9 Å². The topological polar surface area (TPSA) is 40.7 Å². The van der Waals surface area contributed by atoms with Gasteiger partial charge in [-0.3, -0.25) is 0 Å². The molecule has 1 unspecified atom stereocenters. The summed E-state index contributed by atoms with van der Waals surface area (Å²) in [7, 11) is 0. The second kappa shape index (κ2) is 6.55. The van der Waals surface area contributed by atoms with Crippen LogP contribution in [0.4, 0.5) is 0 Å². The van der Waals surface area contributed by atoms with E-state index in [1.165, 1.54) is 0 Å². The SMILES string of the molecule is CCC(C)NCc1ncc(-c2ccc(Br)cc2Cl)[nH]1. The summed E-state index contributed by atoms with van der Waals surface area (Å²) in [6, 6.07) is 6.32. The van der Waals surface area contributed by atoms with Gasteiger partial charge in [-0.1, -0.05) is 40.5 Å². The second-order valence-electron chi connectivity index (χ2n) is 4.56. The Balaban J connectivity index is 2.12. The Morgan fingerprint density at radius 2 is 2.26 bits per heavy atom. The number of aromatic amines is 1. The molecule has 5 heteroatoms. The van der Waals surface area contributed by atoms with Crippen molar-refractivity contribution in [3.63, 3.8) is 0 Å². The maximum atomic E-state index is 6.23. The Morgan fingerprint density at radius 1 is 1.47 bits per heavy atom. The van der Waals surface area contributed by atoms with Gasteiger partial charge in [0.2, 0.25) is 0 Å². The predicted molar refractivity (Wildman–Crippen MR) is 83.3 cm³/mol. The molecule has 0 radical (unpaired) electrons. The van der Waals surface area contributed by atoms with E-state index in [9.17, 15) is 0 Å². The highest BCUT2D eigenvalue weighted by Crippen LogP contribution is 2.29. The lowest BCUT2D eigenvalue weighted by atomic mass is 10.2. The molecule has 1 aromatic heterocycles. The van der Waals surface area contributed by atoms with Crippen molar-refractivity contribution >= 4 is 27.5 Å². The molecule has 0 bridgehead atoms. The van der Waals surface area contributed by atoms with Gasteiger partial charge in [-0.2, -0.15) is 0 Å². The summed E-state index contributed by atoms with van der Waals surface area (Å²) < 4.78 is 0.972. The van der Waals surface area contributed by atoms with E-state index >= 15 is 0 Å². The number of H-pyrrole nitrogens is 1. The van der Waals surface area contributed by atoms with Crippen LogP contribution in [0.5, 0.6) is 0 Å². The van der Waals surface area contributed by atoms with Gasteiger partial charge in [-0.25, -0.2) is 4.98 Å². The van der Waals surface area contributed by atoms with E-state index in [0.717, 1.165) is 34.5 Å². The first-order valence-corrected chi connectivity index (χ1v) is 7.50. The molecule has 0 aliphatic carbocycles. The summed E-state index contributed by atoms with van der Waals surface area (Å²) in [6.07, 6.45) is 2.93. The van der Waals surface area contributed by atoms with Gasteiger partial charge in [-0.05, 0) is 25.5 Å². The number of benzene rings is 1. The number of hydrogen-bond acceptors (Lipinski definition) is 2. The molecule has 0 saturated carbocycles. The number of nitrogens with one attached hydrogen (secondary N) is 2. The van der Waals surface area contributed by atoms with Gasteiger partial charge in [0.05, 0.1) is 23.5 Å². The lowest BCUT2D eigenvalue weighted by molar-refractivity contribution is 0.525. The fourth-order valence-electron chi connectivity index (χ4n) is 1.71. The van der Waals surface area contributed by atoms with Crippen LogP contribution in [0.15, 0.2) is 28.9 Å².